The van der Waals surface area contributed by atoms with Crippen molar-refractivity contribution in [3.05, 3.63) is 66.2 Å². The first-order chi connectivity index (χ1) is 13.0. The normalized spacial score (nSPS) is 27.0. The number of hydrogen-bond donors (Lipinski definition) is 1. The molecule has 0 fully saturated rings. The Morgan fingerprint density at radius 1 is 1.04 bits per heavy atom. The average Bonchev–Trinajstić information content (AvgIpc) is 3.14. The van der Waals surface area contributed by atoms with Gasteiger partial charge in [0.25, 0.3) is 0 Å². The summed E-state index contributed by atoms with van der Waals surface area (Å²) in [5.74, 6) is 1.81. The molecule has 0 aliphatic carbocycles. The van der Waals surface area contributed by atoms with E-state index in [4.69, 9.17) is 9.47 Å². The molecule has 27 heavy (non-hydrogen) atoms. The second-order valence-electron chi connectivity index (χ2n) is 8.66. The number of fused-ring (bicyclic) bond motifs is 1. The zero-order valence-electron chi connectivity index (χ0n) is 16.3. The highest BCUT2D eigenvalue weighted by Crippen LogP contribution is 2.47. The lowest BCUT2D eigenvalue weighted by Gasteiger charge is -2.51. The highest BCUT2D eigenvalue weighted by molar-refractivity contribution is 7.46. The van der Waals surface area contributed by atoms with E-state index in [1.165, 1.54) is 10.8 Å². The van der Waals surface area contributed by atoms with Crippen molar-refractivity contribution >= 4 is 20.4 Å². The van der Waals surface area contributed by atoms with E-state index in [2.05, 4.69) is 74.3 Å². The molecule has 0 spiro atoms. The molecule has 3 nitrogen and oxygen atoms in total. The average molecular weight is 397 g/mol. The minimum absolute atomic E-state index is 0.151. The van der Waals surface area contributed by atoms with Gasteiger partial charge in [-0.3, -0.25) is 0 Å². The molecule has 2 heterocycles. The summed E-state index contributed by atoms with van der Waals surface area (Å²) >= 11 is 0. The van der Waals surface area contributed by atoms with Crippen molar-refractivity contribution < 1.29 is 14.6 Å². The number of ether oxygens (including phenoxy) is 2. The largest absolute Gasteiger partial charge is 0.454 e. The van der Waals surface area contributed by atoms with Crippen molar-refractivity contribution in [2.24, 2.45) is 5.92 Å². The van der Waals surface area contributed by atoms with E-state index in [-0.39, 0.29) is 12.5 Å². The van der Waals surface area contributed by atoms with Gasteiger partial charge in [-0.05, 0) is 29.3 Å². The van der Waals surface area contributed by atoms with Crippen molar-refractivity contribution in [3.8, 4) is 11.5 Å². The van der Waals surface area contributed by atoms with Crippen molar-refractivity contribution in [3.63, 3.8) is 0 Å². The zero-order chi connectivity index (χ0) is 19.1. The van der Waals surface area contributed by atoms with Crippen LogP contribution in [0.5, 0.6) is 11.5 Å². The van der Waals surface area contributed by atoms with E-state index in [1.54, 1.807) is 0 Å². The Kier molecular flexibility index (Phi) is 4.78. The van der Waals surface area contributed by atoms with Crippen LogP contribution in [0, 0.1) is 5.92 Å². The number of rotatable bonds is 4. The Morgan fingerprint density at radius 2 is 1.78 bits per heavy atom. The van der Waals surface area contributed by atoms with Gasteiger partial charge in [0.2, 0.25) is 6.79 Å². The van der Waals surface area contributed by atoms with E-state index in [1.807, 2.05) is 6.07 Å². The predicted molar refractivity (Wildman–Crippen MR) is 115 cm³/mol. The second-order valence-corrected chi connectivity index (χ2v) is 23.9. The van der Waals surface area contributed by atoms with Gasteiger partial charge in [0.15, 0.2) is 11.5 Å². The molecule has 0 unspecified atom stereocenters. The Morgan fingerprint density at radius 3 is 2.48 bits per heavy atom. The van der Waals surface area contributed by atoms with Crippen molar-refractivity contribution in [1.29, 1.82) is 0 Å². The van der Waals surface area contributed by atoms with Crippen LogP contribution in [-0.2, 0) is 0 Å². The van der Waals surface area contributed by atoms with Crippen LogP contribution >= 0.6 is 0 Å². The minimum Gasteiger partial charge on any atom is -0.454 e. The molecule has 0 amide bonds. The number of aliphatic hydroxyl groups is 1. The fourth-order valence-electron chi connectivity index (χ4n) is 5.08. The van der Waals surface area contributed by atoms with Crippen LogP contribution in [0.2, 0.25) is 25.7 Å². The van der Waals surface area contributed by atoms with Gasteiger partial charge >= 0.3 is 0 Å². The first-order valence-corrected chi connectivity index (χ1v) is 16.5. The summed E-state index contributed by atoms with van der Waals surface area (Å²) in [5.41, 5.74) is 1.64. The quantitative estimate of drug-likeness (QED) is 0.627. The maximum Gasteiger partial charge on any atom is 0.231 e. The van der Waals surface area contributed by atoms with Gasteiger partial charge in [0.05, 0.1) is 7.59 Å². The maximum absolute atomic E-state index is 10.3. The van der Waals surface area contributed by atoms with Crippen molar-refractivity contribution in [2.45, 2.75) is 31.2 Å². The summed E-state index contributed by atoms with van der Waals surface area (Å²) in [5, 5.41) is 11.8. The first kappa shape index (κ1) is 18.5. The Labute approximate surface area is 163 Å². The summed E-state index contributed by atoms with van der Waals surface area (Å²) in [4.78, 5) is 0. The molecule has 2 aliphatic rings. The fourth-order valence-corrected chi connectivity index (χ4v) is 20.6. The van der Waals surface area contributed by atoms with Gasteiger partial charge in [-0.15, -0.1) is 0 Å². The molecule has 5 heteroatoms. The molecule has 142 valence electrons. The van der Waals surface area contributed by atoms with Crippen LogP contribution in [0.4, 0.5) is 0 Å². The molecule has 0 bridgehead atoms. The smallest absolute Gasteiger partial charge is 0.231 e. The standard InChI is InChI=1S/C22H28O3Si2/c1-26(2,3)27(19-9-5-4-6-10-19)13-7-8-18(15-23)22(27)17-11-12-20-21(14-17)25-16-24-20/h4-12,14,18,22-23H,13,15-16H2,1-3H3/t18-,22-,27-/m1/s1. The van der Waals surface area contributed by atoms with E-state index >= 15 is 0 Å². The molecule has 0 radical (unpaired) electrons. The highest BCUT2D eigenvalue weighted by atomic mass is 29.3. The molecular formula is C22H28O3Si2. The van der Waals surface area contributed by atoms with E-state index < -0.39 is 15.2 Å². The topological polar surface area (TPSA) is 38.7 Å². The van der Waals surface area contributed by atoms with Crippen LogP contribution in [-0.4, -0.2) is 33.7 Å². The third-order valence-electron chi connectivity index (χ3n) is 6.38. The molecule has 0 saturated carbocycles. The Bertz CT molecular complexity index is 844. The van der Waals surface area contributed by atoms with Gasteiger partial charge in [0.1, 0.15) is 0 Å². The first-order valence-electron chi connectivity index (χ1n) is 9.70. The monoisotopic (exact) mass is 396 g/mol. The van der Waals surface area contributed by atoms with Crippen molar-refractivity contribution in [1.82, 2.24) is 0 Å². The maximum atomic E-state index is 10.3. The molecule has 3 atom stereocenters. The molecule has 0 aromatic heterocycles. The van der Waals surface area contributed by atoms with E-state index in [0.717, 1.165) is 17.5 Å². The van der Waals surface area contributed by atoms with Crippen LogP contribution in [0.1, 0.15) is 11.1 Å². The summed E-state index contributed by atoms with van der Waals surface area (Å²) in [7, 11) is -3.52. The van der Waals surface area contributed by atoms with Gasteiger partial charge in [-0.1, -0.05) is 73.4 Å². The summed E-state index contributed by atoms with van der Waals surface area (Å²) < 4.78 is 11.2. The van der Waals surface area contributed by atoms with Crippen LogP contribution < -0.4 is 14.7 Å². The number of hydrogen-bond acceptors (Lipinski definition) is 3. The van der Waals surface area contributed by atoms with Crippen molar-refractivity contribution in [2.75, 3.05) is 13.4 Å². The number of allylic oxidation sites excluding steroid dienone is 1. The van der Waals surface area contributed by atoms with E-state index in [0.29, 0.717) is 12.3 Å². The molecule has 4 rings (SSSR count). The Hall–Kier alpha value is -1.83. The molecule has 2 aromatic carbocycles. The lowest BCUT2D eigenvalue weighted by Crippen LogP contribution is -2.71. The lowest BCUT2D eigenvalue weighted by atomic mass is 9.97. The van der Waals surface area contributed by atoms with Gasteiger partial charge in [-0.25, -0.2) is 0 Å². The summed E-state index contributed by atoms with van der Waals surface area (Å²) in [6, 6.07) is 18.7. The van der Waals surface area contributed by atoms with Gasteiger partial charge in [-0.2, -0.15) is 0 Å². The van der Waals surface area contributed by atoms with E-state index in [9.17, 15) is 5.11 Å². The molecule has 0 saturated heterocycles. The lowest BCUT2D eigenvalue weighted by molar-refractivity contribution is 0.174. The third kappa shape index (κ3) is 2.98. The third-order valence-corrected chi connectivity index (χ3v) is 23.6. The molecule has 2 aromatic rings. The highest BCUT2D eigenvalue weighted by Gasteiger charge is 2.55. The van der Waals surface area contributed by atoms with Gasteiger partial charge in [0, 0.05) is 20.1 Å². The molecular weight excluding hydrogens is 368 g/mol. The SMILES string of the molecule is C[Si](C)(C)[Si@@]1(c2ccccc2)CC=C[C@H](CO)[C@H]1c1ccc2c(c1)OCO2. The second kappa shape index (κ2) is 6.96. The van der Waals surface area contributed by atoms with Crippen LogP contribution in [0.3, 0.4) is 0 Å². The van der Waals surface area contributed by atoms with Crippen LogP contribution in [0.15, 0.2) is 60.7 Å². The zero-order valence-corrected chi connectivity index (χ0v) is 18.3. The Balaban J connectivity index is 1.94. The predicted octanol–water partition coefficient (Wildman–Crippen LogP) is 3.99. The summed E-state index contributed by atoms with van der Waals surface area (Å²) in [6.45, 7) is 8.02. The number of aliphatic hydroxyl groups excluding tert-OH is 1. The minimum atomic E-state index is -1.95. The summed E-state index contributed by atoms with van der Waals surface area (Å²) in [6.07, 6.45) is 4.59. The number of benzene rings is 2. The fraction of sp³-hybridized carbons (Fsp3) is 0.364. The van der Waals surface area contributed by atoms with Crippen LogP contribution in [0.25, 0.3) is 0 Å². The molecule has 2 aliphatic heterocycles. The van der Waals surface area contributed by atoms with Gasteiger partial charge < -0.3 is 14.6 Å². The molecule has 1 N–H and O–H groups in total.